The van der Waals surface area contributed by atoms with Crippen LogP contribution in [0.1, 0.15) is 23.4 Å². The number of rotatable bonds is 6. The highest BCUT2D eigenvalue weighted by Crippen LogP contribution is 2.32. The van der Waals surface area contributed by atoms with E-state index in [0.29, 0.717) is 60.6 Å². The smallest absolute Gasteiger partial charge is 0.322 e. The van der Waals surface area contributed by atoms with Crippen LogP contribution in [0.3, 0.4) is 0 Å². The lowest BCUT2D eigenvalue weighted by Gasteiger charge is -2.22. The maximum Gasteiger partial charge on any atom is 0.322 e. The van der Waals surface area contributed by atoms with Gasteiger partial charge in [-0.25, -0.2) is 13.2 Å². The van der Waals surface area contributed by atoms with Gasteiger partial charge in [-0.05, 0) is 62.9 Å². The van der Waals surface area contributed by atoms with Gasteiger partial charge in [0.1, 0.15) is 11.4 Å². The summed E-state index contributed by atoms with van der Waals surface area (Å²) >= 11 is 0. The van der Waals surface area contributed by atoms with Gasteiger partial charge in [0, 0.05) is 26.2 Å². The third-order valence-corrected chi connectivity index (χ3v) is 8.16. The Kier molecular flexibility index (Phi) is 6.22. The quantitative estimate of drug-likeness (QED) is 0.707. The number of aromatic nitrogens is 1. The number of nitrogens with one attached hydrogen (secondary N) is 1. The zero-order valence-corrected chi connectivity index (χ0v) is 19.1. The number of likely N-dealkylation sites (tertiary alicyclic amines) is 2. The molecule has 2 fully saturated rings. The normalized spacial score (nSPS) is 20.8. The average Bonchev–Trinajstić information content (AvgIpc) is 3.43. The highest BCUT2D eigenvalue weighted by Gasteiger charge is 2.41. The first kappa shape index (κ1) is 22.3. The maximum absolute atomic E-state index is 12.6. The summed E-state index contributed by atoms with van der Waals surface area (Å²) in [6, 6.07) is 7.92. The van der Waals surface area contributed by atoms with Crippen molar-refractivity contribution >= 4 is 21.6 Å². The highest BCUT2D eigenvalue weighted by atomic mass is 32.2. The van der Waals surface area contributed by atoms with Gasteiger partial charge in [-0.3, -0.25) is 0 Å². The molecule has 2 saturated heterocycles. The molecular weight excluding hydrogens is 430 g/mol. The molecule has 4 rings (SSSR count). The summed E-state index contributed by atoms with van der Waals surface area (Å²) in [7, 11) is -3.36. The molecule has 2 amide bonds. The number of carbonyl (C=O) groups excluding carboxylic acids is 1. The SMILES string of the molecule is Cc1noc(C)c1NC(=O)N1CC2CN(CCCS(=O)(=O)c3ccc(C#N)cc3)CC2C1. The predicted molar refractivity (Wildman–Crippen MR) is 118 cm³/mol. The minimum Gasteiger partial charge on any atom is -0.359 e. The van der Waals surface area contributed by atoms with E-state index < -0.39 is 9.84 Å². The molecule has 0 aliphatic carbocycles. The molecule has 0 radical (unpaired) electrons. The van der Waals surface area contributed by atoms with Crippen molar-refractivity contribution in [2.24, 2.45) is 11.8 Å². The number of sulfone groups is 1. The van der Waals surface area contributed by atoms with Crippen molar-refractivity contribution in [2.75, 3.05) is 43.8 Å². The predicted octanol–water partition coefficient (Wildman–Crippen LogP) is 2.42. The van der Waals surface area contributed by atoms with Crippen molar-refractivity contribution in [1.29, 1.82) is 5.26 Å². The number of urea groups is 1. The molecule has 2 unspecified atom stereocenters. The van der Waals surface area contributed by atoms with Crippen LogP contribution in [-0.2, 0) is 9.84 Å². The molecule has 1 aromatic heterocycles. The Bertz CT molecular complexity index is 1100. The van der Waals surface area contributed by atoms with Gasteiger partial charge in [0.2, 0.25) is 0 Å². The van der Waals surface area contributed by atoms with Crippen LogP contribution in [-0.4, -0.2) is 67.9 Å². The van der Waals surface area contributed by atoms with Crippen LogP contribution in [0.25, 0.3) is 0 Å². The van der Waals surface area contributed by atoms with Gasteiger partial charge in [0.15, 0.2) is 15.6 Å². The Morgan fingerprint density at radius 1 is 1.19 bits per heavy atom. The van der Waals surface area contributed by atoms with Crippen molar-refractivity contribution in [3.8, 4) is 6.07 Å². The third kappa shape index (κ3) is 4.64. The van der Waals surface area contributed by atoms with Crippen LogP contribution in [0.5, 0.6) is 0 Å². The van der Waals surface area contributed by atoms with Crippen LogP contribution in [0.2, 0.25) is 0 Å². The second-order valence-electron chi connectivity index (χ2n) is 8.62. The number of aryl methyl sites for hydroxylation is 2. The van der Waals surface area contributed by atoms with Crippen molar-refractivity contribution in [3.05, 3.63) is 41.3 Å². The lowest BCUT2D eigenvalue weighted by atomic mass is 10.0. The molecule has 2 aliphatic rings. The molecule has 3 heterocycles. The lowest BCUT2D eigenvalue weighted by Crippen LogP contribution is -2.36. The number of fused-ring (bicyclic) bond motifs is 1. The van der Waals surface area contributed by atoms with Crippen LogP contribution in [0.4, 0.5) is 10.5 Å². The van der Waals surface area contributed by atoms with Gasteiger partial charge < -0.3 is 19.6 Å². The number of hydrogen-bond donors (Lipinski definition) is 1. The standard InChI is InChI=1S/C22H27N5O4S/c1-15-21(16(2)31-25-15)24-22(28)27-13-18-11-26(12-19(18)14-27)8-3-9-32(29,30)20-6-4-17(10-23)5-7-20/h4-7,18-19H,3,8-9,11-14H2,1-2H3,(H,24,28). The van der Waals surface area contributed by atoms with Crippen molar-refractivity contribution in [3.63, 3.8) is 0 Å². The van der Waals surface area contributed by atoms with Gasteiger partial charge in [-0.15, -0.1) is 0 Å². The molecule has 9 nitrogen and oxygen atoms in total. The molecule has 1 N–H and O–H groups in total. The van der Waals surface area contributed by atoms with E-state index in [2.05, 4.69) is 15.4 Å². The Morgan fingerprint density at radius 2 is 1.84 bits per heavy atom. The first-order valence-corrected chi connectivity index (χ1v) is 12.4. The van der Waals surface area contributed by atoms with Crippen LogP contribution >= 0.6 is 0 Å². The lowest BCUT2D eigenvalue weighted by molar-refractivity contribution is 0.212. The summed E-state index contributed by atoms with van der Waals surface area (Å²) in [5, 5.41) is 15.6. The minimum absolute atomic E-state index is 0.0801. The summed E-state index contributed by atoms with van der Waals surface area (Å²) in [6.07, 6.45) is 0.554. The molecule has 2 aliphatic heterocycles. The fourth-order valence-corrected chi connectivity index (χ4v) is 5.91. The number of benzene rings is 1. The number of carbonyl (C=O) groups is 1. The Morgan fingerprint density at radius 3 is 2.41 bits per heavy atom. The summed E-state index contributed by atoms with van der Waals surface area (Å²) in [6.45, 7) is 7.42. The number of nitrogens with zero attached hydrogens (tertiary/aromatic N) is 4. The molecule has 2 atom stereocenters. The zero-order valence-electron chi connectivity index (χ0n) is 18.2. The molecule has 0 saturated carbocycles. The number of hydrogen-bond acceptors (Lipinski definition) is 7. The minimum atomic E-state index is -3.36. The van der Waals surface area contributed by atoms with Crippen LogP contribution in [0, 0.1) is 37.0 Å². The van der Waals surface area contributed by atoms with Crippen LogP contribution < -0.4 is 5.32 Å². The van der Waals surface area contributed by atoms with Gasteiger partial charge >= 0.3 is 6.03 Å². The van der Waals surface area contributed by atoms with Gasteiger partial charge in [0.05, 0.1) is 22.3 Å². The van der Waals surface area contributed by atoms with E-state index in [9.17, 15) is 13.2 Å². The van der Waals surface area contributed by atoms with E-state index in [0.717, 1.165) is 13.1 Å². The number of nitriles is 1. The number of amides is 2. The van der Waals surface area contributed by atoms with E-state index in [4.69, 9.17) is 9.78 Å². The van der Waals surface area contributed by atoms with E-state index in [1.54, 1.807) is 13.8 Å². The summed E-state index contributed by atoms with van der Waals surface area (Å²) in [5.41, 5.74) is 1.75. The number of anilines is 1. The summed E-state index contributed by atoms with van der Waals surface area (Å²) < 4.78 is 30.2. The maximum atomic E-state index is 12.6. The van der Waals surface area contributed by atoms with Crippen molar-refractivity contribution < 1.29 is 17.7 Å². The largest absolute Gasteiger partial charge is 0.359 e. The second-order valence-corrected chi connectivity index (χ2v) is 10.7. The monoisotopic (exact) mass is 457 g/mol. The molecule has 32 heavy (non-hydrogen) atoms. The van der Waals surface area contributed by atoms with E-state index in [1.807, 2.05) is 11.0 Å². The second kappa shape index (κ2) is 8.92. The van der Waals surface area contributed by atoms with Crippen LogP contribution in [0.15, 0.2) is 33.7 Å². The molecule has 2 aromatic rings. The third-order valence-electron chi connectivity index (χ3n) is 6.34. The molecule has 170 valence electrons. The Labute approximate surface area is 187 Å². The van der Waals surface area contributed by atoms with Gasteiger partial charge in [-0.2, -0.15) is 5.26 Å². The van der Waals surface area contributed by atoms with Gasteiger partial charge in [0.25, 0.3) is 0 Å². The fraction of sp³-hybridized carbons (Fsp3) is 0.500. The molecule has 10 heteroatoms. The first-order chi connectivity index (χ1) is 15.3. The van der Waals surface area contributed by atoms with Crippen molar-refractivity contribution in [2.45, 2.75) is 25.2 Å². The Hall–Kier alpha value is -2.90. The van der Waals surface area contributed by atoms with E-state index >= 15 is 0 Å². The highest BCUT2D eigenvalue weighted by molar-refractivity contribution is 7.91. The fourth-order valence-electron chi connectivity index (χ4n) is 4.62. The summed E-state index contributed by atoms with van der Waals surface area (Å²) in [4.78, 5) is 17.0. The van der Waals surface area contributed by atoms with Crippen molar-refractivity contribution in [1.82, 2.24) is 15.0 Å². The topological polar surface area (TPSA) is 120 Å². The van der Waals surface area contributed by atoms with E-state index in [1.165, 1.54) is 24.3 Å². The summed E-state index contributed by atoms with van der Waals surface area (Å²) in [5.74, 6) is 1.48. The zero-order chi connectivity index (χ0) is 22.9. The average molecular weight is 458 g/mol. The first-order valence-electron chi connectivity index (χ1n) is 10.7. The Balaban J connectivity index is 1.23. The molecule has 0 bridgehead atoms. The molecule has 1 aromatic carbocycles. The van der Waals surface area contributed by atoms with E-state index in [-0.39, 0.29) is 16.7 Å². The molecule has 0 spiro atoms. The molecular formula is C22H27N5O4S. The van der Waals surface area contributed by atoms with Gasteiger partial charge in [-0.1, -0.05) is 5.16 Å².